The van der Waals surface area contributed by atoms with Gasteiger partial charge in [-0.05, 0) is 0 Å². The van der Waals surface area contributed by atoms with Crippen molar-refractivity contribution in [3.63, 3.8) is 0 Å². The molecule has 3 unspecified atom stereocenters. The zero-order chi connectivity index (χ0) is 13.6. The van der Waals surface area contributed by atoms with Crippen molar-refractivity contribution in [1.82, 2.24) is 0 Å². The van der Waals surface area contributed by atoms with Crippen LogP contribution in [0.1, 0.15) is 20.3 Å². The Morgan fingerprint density at radius 1 is 1.41 bits per heavy atom. The summed E-state index contributed by atoms with van der Waals surface area (Å²) in [5.74, 6) is -0.739. The fourth-order valence-corrected chi connectivity index (χ4v) is 1.21. The summed E-state index contributed by atoms with van der Waals surface area (Å²) in [6.45, 7) is 1.52. The first-order chi connectivity index (χ1) is 7.73. The van der Waals surface area contributed by atoms with Crippen LogP contribution in [0.4, 0.5) is 0 Å². The Balaban J connectivity index is 4.52. The molecule has 0 aromatic rings. The van der Waals surface area contributed by atoms with Gasteiger partial charge in [-0.25, -0.2) is 0 Å². The average molecular weight is 250 g/mol. The predicted octanol–water partition coefficient (Wildman–Crippen LogP) is -0.389. The molecule has 9 nitrogen and oxygen atoms in total. The lowest BCUT2D eigenvalue weighted by atomic mass is 10.1. The minimum Gasteiger partial charge on any atom is -0.455 e. The molecule has 0 spiro atoms. The Morgan fingerprint density at radius 3 is 2.29 bits per heavy atom. The fourth-order valence-electron chi connectivity index (χ4n) is 1.21. The third-order valence-electron chi connectivity index (χ3n) is 2.05. The largest absolute Gasteiger partial charge is 0.455 e. The summed E-state index contributed by atoms with van der Waals surface area (Å²) in [6.07, 6.45) is -2.92. The SMILES string of the molecule is CC(=O)OC(CC(O)C[N+](=O)[O-])C(C)[N+](=O)[O-]. The van der Waals surface area contributed by atoms with Crippen LogP contribution in [-0.4, -0.2) is 45.7 Å². The zero-order valence-corrected chi connectivity index (χ0v) is 9.44. The predicted molar refractivity (Wildman–Crippen MR) is 54.5 cm³/mol. The van der Waals surface area contributed by atoms with E-state index in [1.165, 1.54) is 6.92 Å². The molecule has 0 saturated carbocycles. The van der Waals surface area contributed by atoms with Gasteiger partial charge in [-0.1, -0.05) is 0 Å². The molecule has 98 valence electrons. The number of nitrogens with zero attached hydrogens (tertiary/aromatic N) is 2. The number of esters is 1. The van der Waals surface area contributed by atoms with Crippen molar-refractivity contribution in [3.05, 3.63) is 20.2 Å². The summed E-state index contributed by atoms with van der Waals surface area (Å²) in [5, 5.41) is 29.9. The van der Waals surface area contributed by atoms with Crippen LogP contribution < -0.4 is 0 Å². The summed E-state index contributed by atoms with van der Waals surface area (Å²) < 4.78 is 4.66. The summed E-state index contributed by atoms with van der Waals surface area (Å²) in [6, 6.07) is -1.24. The van der Waals surface area contributed by atoms with Crippen LogP contribution in [0, 0.1) is 20.2 Å². The summed E-state index contributed by atoms with van der Waals surface area (Å²) in [7, 11) is 0. The van der Waals surface area contributed by atoms with Crippen molar-refractivity contribution in [2.24, 2.45) is 0 Å². The summed E-state index contributed by atoms with van der Waals surface area (Å²) in [5.41, 5.74) is 0. The highest BCUT2D eigenvalue weighted by molar-refractivity contribution is 5.66. The molecule has 17 heavy (non-hydrogen) atoms. The van der Waals surface area contributed by atoms with Gasteiger partial charge in [0.1, 0.15) is 6.10 Å². The van der Waals surface area contributed by atoms with E-state index in [4.69, 9.17) is 0 Å². The molecule has 0 fully saturated rings. The van der Waals surface area contributed by atoms with Crippen LogP contribution in [0.5, 0.6) is 0 Å². The van der Waals surface area contributed by atoms with Crippen molar-refractivity contribution >= 4 is 5.97 Å². The number of hydrogen-bond donors (Lipinski definition) is 1. The average Bonchev–Trinajstić information content (AvgIpc) is 2.13. The van der Waals surface area contributed by atoms with Gasteiger partial charge in [0.25, 0.3) is 0 Å². The molecule has 0 amide bonds. The van der Waals surface area contributed by atoms with Gasteiger partial charge in [0.15, 0.2) is 6.10 Å². The maximum atomic E-state index is 10.7. The topological polar surface area (TPSA) is 133 Å². The Labute approximate surface area is 96.7 Å². The number of aliphatic hydroxyl groups excluding tert-OH is 1. The van der Waals surface area contributed by atoms with Crippen LogP contribution in [0.15, 0.2) is 0 Å². The molecular weight excluding hydrogens is 236 g/mol. The monoisotopic (exact) mass is 250 g/mol. The third kappa shape index (κ3) is 6.40. The number of nitro groups is 2. The molecule has 1 N–H and O–H groups in total. The Morgan fingerprint density at radius 2 is 1.94 bits per heavy atom. The lowest BCUT2D eigenvalue weighted by molar-refractivity contribution is -0.531. The molecule has 0 aromatic carbocycles. The van der Waals surface area contributed by atoms with E-state index < -0.39 is 40.6 Å². The van der Waals surface area contributed by atoms with E-state index in [9.17, 15) is 30.1 Å². The lowest BCUT2D eigenvalue weighted by Gasteiger charge is -2.19. The van der Waals surface area contributed by atoms with Crippen LogP contribution in [-0.2, 0) is 9.53 Å². The molecule has 0 bridgehead atoms. The molecule has 3 atom stereocenters. The van der Waals surface area contributed by atoms with Gasteiger partial charge < -0.3 is 9.84 Å². The smallest absolute Gasteiger partial charge is 0.303 e. The second-order valence-corrected chi connectivity index (χ2v) is 3.58. The highest BCUT2D eigenvalue weighted by Crippen LogP contribution is 2.11. The second kappa shape index (κ2) is 6.74. The van der Waals surface area contributed by atoms with Crippen molar-refractivity contribution in [3.8, 4) is 0 Å². The fraction of sp³-hybridized carbons (Fsp3) is 0.875. The highest BCUT2D eigenvalue weighted by Gasteiger charge is 2.32. The molecule has 0 aromatic heterocycles. The van der Waals surface area contributed by atoms with Gasteiger partial charge >= 0.3 is 5.97 Å². The molecule has 0 radical (unpaired) electrons. The van der Waals surface area contributed by atoms with E-state index in [2.05, 4.69) is 4.74 Å². The van der Waals surface area contributed by atoms with Crippen molar-refractivity contribution in [2.45, 2.75) is 38.5 Å². The lowest BCUT2D eigenvalue weighted by Crippen LogP contribution is -2.38. The number of carbonyl (C=O) groups excluding carboxylic acids is 1. The maximum Gasteiger partial charge on any atom is 0.303 e. The van der Waals surface area contributed by atoms with E-state index in [1.54, 1.807) is 0 Å². The van der Waals surface area contributed by atoms with Gasteiger partial charge in [0.05, 0.1) is 0 Å². The van der Waals surface area contributed by atoms with E-state index in [0.29, 0.717) is 0 Å². The number of ether oxygens (including phenoxy) is 1. The molecule has 0 saturated heterocycles. The minimum atomic E-state index is -1.39. The summed E-state index contributed by atoms with van der Waals surface area (Å²) >= 11 is 0. The van der Waals surface area contributed by atoms with Gasteiger partial charge in [-0.15, -0.1) is 0 Å². The Bertz CT molecular complexity index is 306. The molecule has 0 aliphatic rings. The van der Waals surface area contributed by atoms with Gasteiger partial charge in [-0.3, -0.25) is 25.0 Å². The maximum absolute atomic E-state index is 10.7. The van der Waals surface area contributed by atoms with Crippen LogP contribution in [0.25, 0.3) is 0 Å². The highest BCUT2D eigenvalue weighted by atomic mass is 16.6. The van der Waals surface area contributed by atoms with E-state index in [1.807, 2.05) is 0 Å². The molecule has 0 aliphatic carbocycles. The van der Waals surface area contributed by atoms with Crippen molar-refractivity contribution in [1.29, 1.82) is 0 Å². The van der Waals surface area contributed by atoms with Gasteiger partial charge in [0.2, 0.25) is 12.6 Å². The van der Waals surface area contributed by atoms with E-state index in [-0.39, 0.29) is 6.42 Å². The number of carbonyl (C=O) groups is 1. The molecule has 0 aliphatic heterocycles. The standard InChI is InChI=1S/C8H14N2O7/c1-5(10(15)16)8(17-6(2)11)3-7(12)4-9(13)14/h5,7-8,12H,3-4H2,1-2H3. The first-order valence-electron chi connectivity index (χ1n) is 4.84. The quantitative estimate of drug-likeness (QED) is 0.369. The molecule has 0 rings (SSSR count). The number of rotatable bonds is 7. The minimum absolute atomic E-state index is 0.345. The van der Waals surface area contributed by atoms with Crippen molar-refractivity contribution in [2.75, 3.05) is 6.54 Å². The second-order valence-electron chi connectivity index (χ2n) is 3.58. The van der Waals surface area contributed by atoms with E-state index >= 15 is 0 Å². The normalized spacial score (nSPS) is 15.7. The zero-order valence-electron chi connectivity index (χ0n) is 9.44. The molecular formula is C8H14N2O7. The third-order valence-corrected chi connectivity index (χ3v) is 2.05. The Hall–Kier alpha value is -1.77. The van der Waals surface area contributed by atoms with Gasteiger partial charge in [0, 0.05) is 30.1 Å². The summed E-state index contributed by atoms with van der Waals surface area (Å²) in [4.78, 5) is 30.0. The van der Waals surface area contributed by atoms with Gasteiger partial charge in [-0.2, -0.15) is 0 Å². The number of hydrogen-bond acceptors (Lipinski definition) is 7. The van der Waals surface area contributed by atoms with Crippen molar-refractivity contribution < 1.29 is 24.5 Å². The van der Waals surface area contributed by atoms with Crippen LogP contribution in [0.3, 0.4) is 0 Å². The Kier molecular flexibility index (Phi) is 6.03. The first-order valence-corrected chi connectivity index (χ1v) is 4.84. The molecule has 0 heterocycles. The molecule has 9 heteroatoms. The van der Waals surface area contributed by atoms with E-state index in [0.717, 1.165) is 6.92 Å². The van der Waals surface area contributed by atoms with Crippen LogP contribution in [0.2, 0.25) is 0 Å². The van der Waals surface area contributed by atoms with Crippen LogP contribution >= 0.6 is 0 Å². The first kappa shape index (κ1) is 15.2. The number of aliphatic hydroxyl groups is 1.